The van der Waals surface area contributed by atoms with E-state index < -0.39 is 5.24 Å². The fourth-order valence-corrected chi connectivity index (χ4v) is 1.00. The lowest BCUT2D eigenvalue weighted by atomic mass is 10.2. The molecule has 0 aliphatic carbocycles. The minimum absolute atomic E-state index is 0.296. The summed E-state index contributed by atoms with van der Waals surface area (Å²) in [4.78, 5) is 21.6. The molecule has 1 N–H and O–H groups in total. The molecule has 0 unspecified atom stereocenters. The van der Waals surface area contributed by atoms with Crippen LogP contribution >= 0.6 is 11.6 Å². The Labute approximate surface area is 86.4 Å². The van der Waals surface area contributed by atoms with E-state index in [2.05, 4.69) is 11.9 Å². The molecule has 1 rings (SSSR count). The topological polar surface area (TPSA) is 46.2 Å². The molecule has 3 nitrogen and oxygen atoms in total. The third kappa shape index (κ3) is 2.71. The average molecular weight is 210 g/mol. The monoisotopic (exact) mass is 209 g/mol. The molecule has 0 spiro atoms. The van der Waals surface area contributed by atoms with E-state index in [-0.39, 0.29) is 5.91 Å². The summed E-state index contributed by atoms with van der Waals surface area (Å²) in [6, 6.07) is 6.26. The maximum atomic E-state index is 10.9. The van der Waals surface area contributed by atoms with E-state index >= 15 is 0 Å². The SMILES string of the molecule is C=CC(=O)Nc1ccc(C(=O)Cl)cc1. The van der Waals surface area contributed by atoms with Gasteiger partial charge in [-0.3, -0.25) is 9.59 Å². The molecule has 1 amide bonds. The van der Waals surface area contributed by atoms with Crippen molar-refractivity contribution in [3.8, 4) is 0 Å². The van der Waals surface area contributed by atoms with E-state index in [1.54, 1.807) is 12.1 Å². The summed E-state index contributed by atoms with van der Waals surface area (Å²) in [7, 11) is 0. The first-order valence-electron chi connectivity index (χ1n) is 3.87. The highest BCUT2D eigenvalue weighted by molar-refractivity contribution is 6.67. The van der Waals surface area contributed by atoms with Crippen molar-refractivity contribution in [1.29, 1.82) is 0 Å². The van der Waals surface area contributed by atoms with Gasteiger partial charge in [-0.2, -0.15) is 0 Å². The van der Waals surface area contributed by atoms with Crippen molar-refractivity contribution in [1.82, 2.24) is 0 Å². The summed E-state index contributed by atoms with van der Waals surface area (Å²) < 4.78 is 0. The summed E-state index contributed by atoms with van der Waals surface area (Å²) in [6.45, 7) is 3.32. The molecular formula is C10H8ClNO2. The number of rotatable bonds is 3. The first-order valence-corrected chi connectivity index (χ1v) is 4.24. The lowest BCUT2D eigenvalue weighted by Gasteiger charge is -2.01. The average Bonchev–Trinajstić information content (AvgIpc) is 2.18. The molecule has 1 aromatic carbocycles. The molecule has 0 bridgehead atoms. The molecule has 0 heterocycles. The normalized spacial score (nSPS) is 9.21. The molecule has 0 fully saturated rings. The number of hydrogen-bond donors (Lipinski definition) is 1. The van der Waals surface area contributed by atoms with Gasteiger partial charge in [0.15, 0.2) is 0 Å². The van der Waals surface area contributed by atoms with Crippen LogP contribution in [-0.2, 0) is 4.79 Å². The summed E-state index contributed by atoms with van der Waals surface area (Å²) in [5, 5.41) is 2.02. The van der Waals surface area contributed by atoms with Gasteiger partial charge in [-0.25, -0.2) is 0 Å². The number of amides is 1. The first-order chi connectivity index (χ1) is 6.63. The predicted octanol–water partition coefficient (Wildman–Crippen LogP) is 2.19. The summed E-state index contributed by atoms with van der Waals surface area (Å²) in [5.41, 5.74) is 0.986. The number of anilines is 1. The zero-order valence-corrected chi connectivity index (χ0v) is 8.04. The third-order valence-electron chi connectivity index (χ3n) is 1.56. The Morgan fingerprint density at radius 1 is 1.29 bits per heavy atom. The third-order valence-corrected chi connectivity index (χ3v) is 1.78. The Bertz CT molecular complexity index is 370. The maximum absolute atomic E-state index is 10.9. The molecule has 14 heavy (non-hydrogen) atoms. The number of hydrogen-bond acceptors (Lipinski definition) is 2. The number of benzene rings is 1. The number of carbonyl (C=O) groups is 2. The zero-order valence-electron chi connectivity index (χ0n) is 7.29. The van der Waals surface area contributed by atoms with E-state index in [0.717, 1.165) is 0 Å². The van der Waals surface area contributed by atoms with Crippen LogP contribution in [0.1, 0.15) is 10.4 Å². The Morgan fingerprint density at radius 3 is 2.29 bits per heavy atom. The molecule has 0 aliphatic rings. The van der Waals surface area contributed by atoms with Crippen molar-refractivity contribution >= 4 is 28.4 Å². The van der Waals surface area contributed by atoms with Crippen molar-refractivity contribution < 1.29 is 9.59 Å². The zero-order chi connectivity index (χ0) is 10.6. The highest BCUT2D eigenvalue weighted by atomic mass is 35.5. The van der Waals surface area contributed by atoms with Gasteiger partial charge in [0, 0.05) is 11.3 Å². The first kappa shape index (κ1) is 10.5. The van der Waals surface area contributed by atoms with E-state index in [0.29, 0.717) is 11.3 Å². The largest absolute Gasteiger partial charge is 0.323 e. The fraction of sp³-hybridized carbons (Fsp3) is 0. The van der Waals surface area contributed by atoms with Crippen LogP contribution in [-0.4, -0.2) is 11.1 Å². The van der Waals surface area contributed by atoms with Gasteiger partial charge < -0.3 is 5.32 Å². The van der Waals surface area contributed by atoms with Gasteiger partial charge in [0.1, 0.15) is 0 Å². The molecule has 72 valence electrons. The fourth-order valence-electron chi connectivity index (χ4n) is 0.878. The van der Waals surface area contributed by atoms with Crippen molar-refractivity contribution in [2.24, 2.45) is 0 Å². The predicted molar refractivity (Wildman–Crippen MR) is 55.5 cm³/mol. The van der Waals surface area contributed by atoms with Crippen molar-refractivity contribution in [2.75, 3.05) is 5.32 Å². The van der Waals surface area contributed by atoms with E-state index in [1.807, 2.05) is 0 Å². The maximum Gasteiger partial charge on any atom is 0.252 e. The van der Waals surface area contributed by atoms with Crippen LogP contribution in [0.15, 0.2) is 36.9 Å². The van der Waals surface area contributed by atoms with Crippen LogP contribution in [0.2, 0.25) is 0 Å². The van der Waals surface area contributed by atoms with Crippen LogP contribution in [0.5, 0.6) is 0 Å². The molecular weight excluding hydrogens is 202 g/mol. The Hall–Kier alpha value is -1.61. The van der Waals surface area contributed by atoms with Gasteiger partial charge in [-0.15, -0.1) is 0 Å². The second-order valence-electron chi connectivity index (χ2n) is 2.54. The van der Waals surface area contributed by atoms with Crippen LogP contribution in [0.4, 0.5) is 5.69 Å². The molecule has 0 aliphatic heterocycles. The molecule has 0 aromatic heterocycles. The Balaban J connectivity index is 2.78. The van der Waals surface area contributed by atoms with Crippen molar-refractivity contribution in [2.45, 2.75) is 0 Å². The van der Waals surface area contributed by atoms with Gasteiger partial charge in [-0.05, 0) is 41.9 Å². The van der Waals surface area contributed by atoms with Gasteiger partial charge in [0.25, 0.3) is 5.24 Å². The standard InChI is InChI=1S/C10H8ClNO2/c1-2-9(13)12-8-5-3-7(4-6-8)10(11)14/h2-6H,1H2,(H,12,13). The molecule has 0 saturated carbocycles. The summed E-state index contributed by atoms with van der Waals surface area (Å²) >= 11 is 5.25. The molecule has 1 aromatic rings. The molecule has 0 radical (unpaired) electrons. The Kier molecular flexibility index (Phi) is 3.42. The quantitative estimate of drug-likeness (QED) is 0.613. The van der Waals surface area contributed by atoms with Gasteiger partial charge >= 0.3 is 0 Å². The van der Waals surface area contributed by atoms with Crippen LogP contribution in [0, 0.1) is 0 Å². The lowest BCUT2D eigenvalue weighted by Crippen LogP contribution is -2.07. The van der Waals surface area contributed by atoms with Crippen molar-refractivity contribution in [3.05, 3.63) is 42.5 Å². The minimum Gasteiger partial charge on any atom is -0.323 e. The molecule has 4 heteroatoms. The van der Waals surface area contributed by atoms with E-state index in [4.69, 9.17) is 11.6 Å². The second kappa shape index (κ2) is 4.58. The molecule has 0 atom stereocenters. The molecule has 0 saturated heterocycles. The number of nitrogens with one attached hydrogen (secondary N) is 1. The van der Waals surface area contributed by atoms with Crippen LogP contribution in [0.3, 0.4) is 0 Å². The summed E-state index contributed by atoms with van der Waals surface area (Å²) in [6.07, 6.45) is 1.17. The van der Waals surface area contributed by atoms with Crippen LogP contribution in [0.25, 0.3) is 0 Å². The number of halogens is 1. The van der Waals surface area contributed by atoms with E-state index in [1.165, 1.54) is 18.2 Å². The van der Waals surface area contributed by atoms with Gasteiger partial charge in [0.2, 0.25) is 5.91 Å². The number of carbonyl (C=O) groups excluding carboxylic acids is 2. The second-order valence-corrected chi connectivity index (χ2v) is 2.89. The smallest absolute Gasteiger partial charge is 0.252 e. The van der Waals surface area contributed by atoms with Gasteiger partial charge in [0.05, 0.1) is 0 Å². The lowest BCUT2D eigenvalue weighted by molar-refractivity contribution is -0.111. The van der Waals surface area contributed by atoms with Gasteiger partial charge in [-0.1, -0.05) is 6.58 Å². The highest BCUT2D eigenvalue weighted by Gasteiger charge is 2.01. The van der Waals surface area contributed by atoms with Crippen LogP contribution < -0.4 is 5.32 Å². The minimum atomic E-state index is -0.522. The Morgan fingerprint density at radius 2 is 1.86 bits per heavy atom. The highest BCUT2D eigenvalue weighted by Crippen LogP contribution is 2.11. The van der Waals surface area contributed by atoms with Crippen molar-refractivity contribution in [3.63, 3.8) is 0 Å². The summed E-state index contributed by atoms with van der Waals surface area (Å²) in [5.74, 6) is -0.296. The van der Waals surface area contributed by atoms with E-state index in [9.17, 15) is 9.59 Å².